The van der Waals surface area contributed by atoms with Crippen LogP contribution in [0.1, 0.15) is 0 Å². The molecule has 0 aliphatic rings. The van der Waals surface area contributed by atoms with Crippen molar-refractivity contribution in [2.45, 2.75) is 9.24 Å². The first-order chi connectivity index (χ1) is 7.81. The van der Waals surface area contributed by atoms with Crippen molar-refractivity contribution in [3.63, 3.8) is 0 Å². The Labute approximate surface area is 98.0 Å². The predicted molar refractivity (Wildman–Crippen MR) is 60.7 cm³/mol. The molecular formula is C9H7N3O2S2. The minimum atomic E-state index is -1.34. The normalized spacial score (nSPS) is 12.0. The Kier molecular flexibility index (Phi) is 3.37. The molecular weight excluding hydrogens is 246 g/mol. The van der Waals surface area contributed by atoms with Crippen molar-refractivity contribution in [2.75, 3.05) is 5.32 Å². The number of nitrogens with one attached hydrogen (secondary N) is 1. The minimum Gasteiger partial charge on any atom is -0.305 e. The molecule has 16 heavy (non-hydrogen) atoms. The number of amides is 1. The summed E-state index contributed by atoms with van der Waals surface area (Å²) in [6, 6.07) is 5.21. The van der Waals surface area contributed by atoms with E-state index in [1.807, 2.05) is 0 Å². The summed E-state index contributed by atoms with van der Waals surface area (Å²) in [5, 5.41) is 3.31. The van der Waals surface area contributed by atoms with Gasteiger partial charge in [0.1, 0.15) is 20.0 Å². The number of rotatable bonds is 4. The number of nitrogens with zero attached hydrogens (tertiary/aromatic N) is 2. The fourth-order valence-electron chi connectivity index (χ4n) is 1.02. The van der Waals surface area contributed by atoms with Crippen molar-refractivity contribution in [3.05, 3.63) is 30.6 Å². The first-order valence-electron chi connectivity index (χ1n) is 4.30. The van der Waals surface area contributed by atoms with Crippen LogP contribution < -0.4 is 5.32 Å². The summed E-state index contributed by atoms with van der Waals surface area (Å²) >= 11 is 1.17. The van der Waals surface area contributed by atoms with Crippen LogP contribution in [-0.4, -0.2) is 20.6 Å². The maximum atomic E-state index is 12.0. The molecule has 2 aromatic heterocycles. The minimum absolute atomic E-state index is 0.425. The number of hydrogen-bond acceptors (Lipinski definition) is 5. The Morgan fingerprint density at radius 1 is 1.38 bits per heavy atom. The zero-order valence-corrected chi connectivity index (χ0v) is 9.62. The molecule has 0 bridgehead atoms. The molecule has 0 fully saturated rings. The van der Waals surface area contributed by atoms with Crippen LogP contribution in [0.4, 0.5) is 5.13 Å². The van der Waals surface area contributed by atoms with E-state index >= 15 is 0 Å². The fraction of sp³-hybridized carbons (Fsp3) is 0. The number of thiazole rings is 1. The van der Waals surface area contributed by atoms with Crippen molar-refractivity contribution >= 4 is 33.7 Å². The van der Waals surface area contributed by atoms with Crippen molar-refractivity contribution in [2.24, 2.45) is 0 Å². The van der Waals surface area contributed by atoms with Gasteiger partial charge in [0.2, 0.25) is 6.41 Å². The van der Waals surface area contributed by atoms with Gasteiger partial charge in [-0.05, 0) is 12.1 Å². The molecule has 5 nitrogen and oxygen atoms in total. The second-order valence-corrected chi connectivity index (χ2v) is 5.37. The van der Waals surface area contributed by atoms with E-state index in [-0.39, 0.29) is 0 Å². The SMILES string of the molecule is O=CNc1ncc(S(=O)c2ccccn2)s1. The molecule has 2 heterocycles. The predicted octanol–water partition coefficient (Wildman–Crippen LogP) is 1.27. The maximum absolute atomic E-state index is 12.0. The quantitative estimate of drug-likeness (QED) is 0.833. The first kappa shape index (κ1) is 10.9. The number of carbonyl (C=O) groups is 1. The summed E-state index contributed by atoms with van der Waals surface area (Å²) in [6.45, 7) is 0. The Morgan fingerprint density at radius 2 is 2.25 bits per heavy atom. The molecule has 0 radical (unpaired) electrons. The van der Waals surface area contributed by atoms with Crippen molar-refractivity contribution in [1.29, 1.82) is 0 Å². The molecule has 1 N–H and O–H groups in total. The van der Waals surface area contributed by atoms with E-state index in [1.54, 1.807) is 24.4 Å². The van der Waals surface area contributed by atoms with Gasteiger partial charge in [0.25, 0.3) is 0 Å². The second kappa shape index (κ2) is 4.95. The molecule has 0 saturated heterocycles. The van der Waals surface area contributed by atoms with E-state index < -0.39 is 10.8 Å². The Morgan fingerprint density at radius 3 is 2.94 bits per heavy atom. The topological polar surface area (TPSA) is 72.0 Å². The first-order valence-corrected chi connectivity index (χ1v) is 6.26. The molecule has 1 unspecified atom stereocenters. The number of hydrogen-bond donors (Lipinski definition) is 1. The van der Waals surface area contributed by atoms with Gasteiger partial charge in [-0.25, -0.2) is 14.2 Å². The molecule has 0 saturated carbocycles. The third-order valence-corrected chi connectivity index (χ3v) is 4.20. The summed E-state index contributed by atoms with van der Waals surface area (Å²) in [5.74, 6) is 0. The standard InChI is InChI=1S/C9H7N3O2S2/c13-6-12-9-11-5-8(15-9)16(14)7-3-1-2-4-10-7/h1-6H,(H,11,12,13). The van der Waals surface area contributed by atoms with Crippen LogP contribution >= 0.6 is 11.3 Å². The Hall–Kier alpha value is -1.60. The summed E-state index contributed by atoms with van der Waals surface area (Å²) in [5.41, 5.74) is 0. The zero-order valence-electron chi connectivity index (χ0n) is 7.99. The monoisotopic (exact) mass is 253 g/mol. The second-order valence-electron chi connectivity index (χ2n) is 2.68. The van der Waals surface area contributed by atoms with Crippen molar-refractivity contribution in [1.82, 2.24) is 9.97 Å². The lowest BCUT2D eigenvalue weighted by atomic mass is 10.5. The molecule has 0 aliphatic carbocycles. The third kappa shape index (κ3) is 2.31. The summed E-state index contributed by atoms with van der Waals surface area (Å²) in [6.07, 6.45) is 3.59. The number of carbonyl (C=O) groups excluding carboxylic acids is 1. The fourth-order valence-corrected chi connectivity index (χ4v) is 3.04. The molecule has 2 aromatic rings. The average Bonchev–Trinajstić information content (AvgIpc) is 2.78. The van der Waals surface area contributed by atoms with E-state index in [1.165, 1.54) is 17.5 Å². The third-order valence-electron chi connectivity index (χ3n) is 1.68. The Bertz CT molecular complexity index is 512. The number of pyridine rings is 1. The molecule has 1 atom stereocenters. The molecule has 82 valence electrons. The van der Waals surface area contributed by atoms with Gasteiger partial charge < -0.3 is 5.32 Å². The average molecular weight is 253 g/mol. The smallest absolute Gasteiger partial charge is 0.213 e. The van der Waals surface area contributed by atoms with Gasteiger partial charge in [0.05, 0.1) is 6.20 Å². The lowest BCUT2D eigenvalue weighted by molar-refractivity contribution is -0.105. The molecule has 7 heteroatoms. The largest absolute Gasteiger partial charge is 0.305 e. The van der Waals surface area contributed by atoms with E-state index in [0.717, 1.165) is 0 Å². The van der Waals surface area contributed by atoms with Crippen LogP contribution in [0.2, 0.25) is 0 Å². The van der Waals surface area contributed by atoms with Gasteiger partial charge in [-0.15, -0.1) is 0 Å². The van der Waals surface area contributed by atoms with E-state index in [0.29, 0.717) is 20.8 Å². The van der Waals surface area contributed by atoms with Crippen LogP contribution in [0.25, 0.3) is 0 Å². The van der Waals surface area contributed by atoms with Crippen molar-refractivity contribution in [3.8, 4) is 0 Å². The van der Waals surface area contributed by atoms with E-state index in [2.05, 4.69) is 15.3 Å². The molecule has 2 rings (SSSR count). The number of anilines is 1. The highest BCUT2D eigenvalue weighted by Gasteiger charge is 2.11. The molecule has 1 amide bonds. The van der Waals surface area contributed by atoms with Gasteiger partial charge in [-0.2, -0.15) is 0 Å². The van der Waals surface area contributed by atoms with Crippen LogP contribution in [0, 0.1) is 0 Å². The highest BCUT2D eigenvalue weighted by molar-refractivity contribution is 7.87. The lowest BCUT2D eigenvalue weighted by Crippen LogP contribution is -1.92. The van der Waals surface area contributed by atoms with Crippen LogP contribution in [0.15, 0.2) is 39.8 Å². The highest BCUT2D eigenvalue weighted by Crippen LogP contribution is 2.23. The van der Waals surface area contributed by atoms with Crippen molar-refractivity contribution < 1.29 is 9.00 Å². The summed E-state index contributed by atoms with van der Waals surface area (Å²) in [7, 11) is -1.34. The van der Waals surface area contributed by atoms with Gasteiger partial charge in [0, 0.05) is 6.20 Å². The summed E-state index contributed by atoms with van der Waals surface area (Å²) < 4.78 is 12.5. The summed E-state index contributed by atoms with van der Waals surface area (Å²) in [4.78, 5) is 18.1. The zero-order chi connectivity index (χ0) is 11.4. The maximum Gasteiger partial charge on any atom is 0.213 e. The van der Waals surface area contributed by atoms with Gasteiger partial charge >= 0.3 is 0 Å². The molecule has 0 aliphatic heterocycles. The molecule has 0 spiro atoms. The number of aromatic nitrogens is 2. The van der Waals surface area contributed by atoms with E-state index in [4.69, 9.17) is 0 Å². The lowest BCUT2D eigenvalue weighted by Gasteiger charge is -1.95. The van der Waals surface area contributed by atoms with E-state index in [9.17, 15) is 9.00 Å². The van der Waals surface area contributed by atoms with Gasteiger partial charge in [-0.3, -0.25) is 4.79 Å². The van der Waals surface area contributed by atoms with Crippen LogP contribution in [-0.2, 0) is 15.6 Å². The van der Waals surface area contributed by atoms with Gasteiger partial charge in [0.15, 0.2) is 5.13 Å². The molecule has 0 aromatic carbocycles. The Balaban J connectivity index is 2.24. The highest BCUT2D eigenvalue weighted by atomic mass is 32.2. The van der Waals surface area contributed by atoms with Gasteiger partial charge in [-0.1, -0.05) is 17.4 Å². The van der Waals surface area contributed by atoms with Crippen LogP contribution in [0.5, 0.6) is 0 Å². The van der Waals surface area contributed by atoms with Crippen LogP contribution in [0.3, 0.4) is 0 Å².